The molecule has 5 nitrogen and oxygen atoms in total. The van der Waals surface area contributed by atoms with Crippen molar-refractivity contribution in [3.63, 3.8) is 0 Å². The Hall–Kier alpha value is -2.15. The highest BCUT2D eigenvalue weighted by Crippen LogP contribution is 2.36. The van der Waals surface area contributed by atoms with Gasteiger partial charge in [0.1, 0.15) is 0 Å². The molecule has 2 aliphatic heterocycles. The zero-order valence-corrected chi connectivity index (χ0v) is 20.1. The first-order valence-electron chi connectivity index (χ1n) is 11.5. The SMILES string of the molecule is CC(C)(C)[Si](OC[C@@H]1CC[N+]2=C(N[C@H](CN)CC2)N1)(c1ccccc1)c1ccccc1. The number of nitrogens with one attached hydrogen (secondary N) is 2. The molecule has 0 bridgehead atoms. The molecule has 2 atom stereocenters. The largest absolute Gasteiger partial charge is 0.404 e. The number of nitrogens with zero attached hydrogens (tertiary/aromatic N) is 1. The summed E-state index contributed by atoms with van der Waals surface area (Å²) in [6.07, 6.45) is 2.18. The maximum atomic E-state index is 7.13. The van der Waals surface area contributed by atoms with Crippen molar-refractivity contribution in [1.82, 2.24) is 10.6 Å². The number of nitrogens with two attached hydrogens (primary N) is 1. The highest BCUT2D eigenvalue weighted by Gasteiger charge is 2.50. The number of guanidine groups is 1. The molecule has 2 aromatic carbocycles. The molecule has 0 aliphatic carbocycles. The summed E-state index contributed by atoms with van der Waals surface area (Å²) in [7, 11) is -2.50. The van der Waals surface area contributed by atoms with Gasteiger partial charge in [0.15, 0.2) is 0 Å². The van der Waals surface area contributed by atoms with Gasteiger partial charge in [0, 0.05) is 19.4 Å². The molecule has 0 saturated carbocycles. The van der Waals surface area contributed by atoms with E-state index in [2.05, 4.69) is 96.6 Å². The fourth-order valence-corrected chi connectivity index (χ4v) is 9.61. The van der Waals surface area contributed by atoms with E-state index in [0.29, 0.717) is 19.2 Å². The molecule has 4 N–H and O–H groups in total. The minimum absolute atomic E-state index is 0.00269. The van der Waals surface area contributed by atoms with Crippen LogP contribution in [0.5, 0.6) is 0 Å². The Morgan fingerprint density at radius 2 is 1.42 bits per heavy atom. The lowest BCUT2D eigenvalue weighted by Crippen LogP contribution is -2.68. The van der Waals surface area contributed by atoms with Crippen molar-refractivity contribution < 1.29 is 9.00 Å². The summed E-state index contributed by atoms with van der Waals surface area (Å²) in [4.78, 5) is 0. The lowest BCUT2D eigenvalue weighted by Gasteiger charge is -2.44. The predicted octanol–water partition coefficient (Wildman–Crippen LogP) is 1.61. The maximum Gasteiger partial charge on any atom is 0.346 e. The van der Waals surface area contributed by atoms with Gasteiger partial charge in [-0.2, -0.15) is 0 Å². The zero-order chi connectivity index (χ0) is 21.9. The Labute approximate surface area is 187 Å². The van der Waals surface area contributed by atoms with Gasteiger partial charge in [-0.15, -0.1) is 0 Å². The molecule has 6 heteroatoms. The smallest absolute Gasteiger partial charge is 0.346 e. The maximum absolute atomic E-state index is 7.13. The van der Waals surface area contributed by atoms with Crippen LogP contribution in [0.1, 0.15) is 33.6 Å². The second kappa shape index (κ2) is 9.15. The van der Waals surface area contributed by atoms with Crippen LogP contribution in [0.4, 0.5) is 0 Å². The van der Waals surface area contributed by atoms with Gasteiger partial charge in [-0.3, -0.25) is 15.2 Å². The van der Waals surface area contributed by atoms with Crippen LogP contribution >= 0.6 is 0 Å². The van der Waals surface area contributed by atoms with Gasteiger partial charge in [0.2, 0.25) is 0 Å². The molecule has 2 heterocycles. The lowest BCUT2D eigenvalue weighted by atomic mass is 10.1. The summed E-state index contributed by atoms with van der Waals surface area (Å²) in [5, 5.41) is 9.97. The molecule has 4 rings (SSSR count). The molecule has 166 valence electrons. The van der Waals surface area contributed by atoms with Crippen LogP contribution in [0.15, 0.2) is 60.7 Å². The third-order valence-electron chi connectivity index (χ3n) is 6.70. The molecule has 2 aromatic rings. The van der Waals surface area contributed by atoms with Crippen LogP contribution in [-0.4, -0.2) is 57.2 Å². The predicted molar refractivity (Wildman–Crippen MR) is 131 cm³/mol. The van der Waals surface area contributed by atoms with E-state index in [0.717, 1.165) is 31.9 Å². The standard InChI is InChI=1S/C25H36N4OSi/c1-25(2,3)31(22-10-6-4-7-11-22,23-12-8-5-9-13-23)30-19-21-15-17-29-16-14-20(18-26)27-24(29)28-21/h4-13,20-21H,14-19,26H2,1-3H3,(H,27,28)/p+1/t20-,21-/m0/s1. The summed E-state index contributed by atoms with van der Waals surface area (Å²) in [5.41, 5.74) is 5.91. The van der Waals surface area contributed by atoms with Crippen molar-refractivity contribution in [2.75, 3.05) is 26.2 Å². The zero-order valence-electron chi connectivity index (χ0n) is 19.1. The van der Waals surface area contributed by atoms with Crippen LogP contribution in [0, 0.1) is 0 Å². The molecule has 0 aromatic heterocycles. The van der Waals surface area contributed by atoms with Crippen molar-refractivity contribution in [3.05, 3.63) is 60.7 Å². The Morgan fingerprint density at radius 3 is 1.94 bits per heavy atom. The van der Waals surface area contributed by atoms with Gasteiger partial charge >= 0.3 is 5.96 Å². The van der Waals surface area contributed by atoms with Crippen LogP contribution in [0.25, 0.3) is 0 Å². The second-order valence-electron chi connectivity index (χ2n) is 9.81. The van der Waals surface area contributed by atoms with E-state index in [-0.39, 0.29) is 11.1 Å². The Kier molecular flexibility index (Phi) is 6.51. The molecule has 0 fully saturated rings. The van der Waals surface area contributed by atoms with Gasteiger partial charge in [0.05, 0.1) is 31.8 Å². The van der Waals surface area contributed by atoms with Gasteiger partial charge in [-0.25, -0.2) is 0 Å². The van der Waals surface area contributed by atoms with Gasteiger partial charge in [-0.1, -0.05) is 81.4 Å². The number of hydrogen-bond donors (Lipinski definition) is 3. The van der Waals surface area contributed by atoms with E-state index in [4.69, 9.17) is 10.2 Å². The summed E-state index contributed by atoms with van der Waals surface area (Å²) in [6.45, 7) is 10.5. The molecule has 0 spiro atoms. The van der Waals surface area contributed by atoms with Gasteiger partial charge in [-0.05, 0) is 15.4 Å². The Balaban J connectivity index is 1.61. The number of hydrogen-bond acceptors (Lipinski definition) is 4. The molecular formula is C25H37N4OSi+. The van der Waals surface area contributed by atoms with Crippen LogP contribution in [0.3, 0.4) is 0 Å². The lowest BCUT2D eigenvalue weighted by molar-refractivity contribution is -0.542. The molecule has 0 unspecified atom stereocenters. The van der Waals surface area contributed by atoms with Gasteiger partial charge in [0.25, 0.3) is 8.32 Å². The van der Waals surface area contributed by atoms with E-state index in [1.807, 2.05) is 0 Å². The Morgan fingerprint density at radius 1 is 0.903 bits per heavy atom. The summed E-state index contributed by atoms with van der Waals surface area (Å²) in [5.74, 6) is 1.13. The first-order chi connectivity index (χ1) is 14.9. The summed E-state index contributed by atoms with van der Waals surface area (Å²) >= 11 is 0. The fraction of sp³-hybridized carbons (Fsp3) is 0.480. The molecular weight excluding hydrogens is 400 g/mol. The van der Waals surface area contributed by atoms with Gasteiger partial charge < -0.3 is 10.2 Å². The number of benzene rings is 2. The van der Waals surface area contributed by atoms with Crippen molar-refractivity contribution in [2.24, 2.45) is 5.73 Å². The van der Waals surface area contributed by atoms with Crippen LogP contribution < -0.4 is 26.7 Å². The van der Waals surface area contributed by atoms with Crippen molar-refractivity contribution in [1.29, 1.82) is 0 Å². The topological polar surface area (TPSA) is 62.3 Å². The summed E-state index contributed by atoms with van der Waals surface area (Å²) in [6, 6.07) is 22.4. The van der Waals surface area contributed by atoms with Crippen molar-refractivity contribution in [3.8, 4) is 0 Å². The molecule has 2 aliphatic rings. The molecule has 31 heavy (non-hydrogen) atoms. The average molecular weight is 438 g/mol. The van der Waals surface area contributed by atoms with E-state index >= 15 is 0 Å². The van der Waals surface area contributed by atoms with E-state index in [9.17, 15) is 0 Å². The molecule has 0 radical (unpaired) electrons. The third kappa shape index (κ3) is 4.42. The minimum atomic E-state index is -2.50. The normalized spacial score (nSPS) is 21.8. The third-order valence-corrected chi connectivity index (χ3v) is 11.7. The first kappa shape index (κ1) is 22.1. The van der Waals surface area contributed by atoms with Crippen LogP contribution in [0.2, 0.25) is 5.04 Å². The van der Waals surface area contributed by atoms with E-state index in [1.54, 1.807) is 0 Å². The number of rotatable bonds is 6. The minimum Gasteiger partial charge on any atom is -0.404 e. The van der Waals surface area contributed by atoms with E-state index < -0.39 is 8.32 Å². The second-order valence-corrected chi connectivity index (χ2v) is 14.1. The van der Waals surface area contributed by atoms with Crippen molar-refractivity contribution >= 4 is 24.7 Å². The van der Waals surface area contributed by atoms with Crippen LogP contribution in [-0.2, 0) is 4.43 Å². The van der Waals surface area contributed by atoms with Crippen molar-refractivity contribution in [2.45, 2.75) is 50.7 Å². The highest BCUT2D eigenvalue weighted by molar-refractivity contribution is 6.99. The first-order valence-corrected chi connectivity index (χ1v) is 13.4. The molecule has 0 saturated heterocycles. The quantitative estimate of drug-likeness (QED) is 0.475. The van der Waals surface area contributed by atoms with E-state index in [1.165, 1.54) is 10.4 Å². The highest BCUT2D eigenvalue weighted by atomic mass is 28.4. The fourth-order valence-electron chi connectivity index (χ4n) is 5.00. The monoisotopic (exact) mass is 437 g/mol. The summed E-state index contributed by atoms with van der Waals surface area (Å²) < 4.78 is 9.54. The molecule has 0 amide bonds. The average Bonchev–Trinajstić information content (AvgIpc) is 2.79. The Bertz CT molecular complexity index is 855.